The molecule has 0 bridgehead atoms. The SMILES string of the molecule is c1ccc(-c2ccccc2N(c2ccccc2)c2cccc3oc4cc5c(cc4c23)-c2ccccc2C52c3ccccc3Oc3ccccc32)cc1. The number of ether oxygens (including phenoxy) is 1. The first-order valence-corrected chi connectivity index (χ1v) is 17.8. The van der Waals surface area contributed by atoms with Crippen LogP contribution >= 0.6 is 0 Å². The van der Waals surface area contributed by atoms with Gasteiger partial charge < -0.3 is 14.1 Å². The number of furan rings is 1. The minimum absolute atomic E-state index is 0.557. The molecule has 0 fully saturated rings. The molecular formula is C49H31NO2. The van der Waals surface area contributed by atoms with Crippen molar-refractivity contribution in [3.05, 3.63) is 210 Å². The average molecular weight is 666 g/mol. The van der Waals surface area contributed by atoms with E-state index in [9.17, 15) is 0 Å². The number of hydrogen-bond acceptors (Lipinski definition) is 3. The van der Waals surface area contributed by atoms with Crippen molar-refractivity contribution in [2.75, 3.05) is 4.90 Å². The quantitative estimate of drug-likeness (QED) is 0.187. The van der Waals surface area contributed by atoms with E-state index in [4.69, 9.17) is 9.15 Å². The fourth-order valence-corrected chi connectivity index (χ4v) is 8.85. The lowest BCUT2D eigenvalue weighted by Crippen LogP contribution is -2.32. The van der Waals surface area contributed by atoms with Crippen molar-refractivity contribution in [2.45, 2.75) is 5.41 Å². The highest BCUT2D eigenvalue weighted by Crippen LogP contribution is 2.63. The first-order valence-electron chi connectivity index (χ1n) is 17.8. The lowest BCUT2D eigenvalue weighted by molar-refractivity contribution is 0.436. The van der Waals surface area contributed by atoms with Gasteiger partial charge >= 0.3 is 0 Å². The topological polar surface area (TPSA) is 25.6 Å². The van der Waals surface area contributed by atoms with E-state index in [1.807, 2.05) is 0 Å². The normalized spacial score (nSPS) is 13.3. The molecular weight excluding hydrogens is 635 g/mol. The van der Waals surface area contributed by atoms with Crippen LogP contribution in [0.4, 0.5) is 17.1 Å². The highest BCUT2D eigenvalue weighted by atomic mass is 16.5. The molecule has 0 radical (unpaired) electrons. The third-order valence-electron chi connectivity index (χ3n) is 10.9. The summed E-state index contributed by atoms with van der Waals surface area (Å²) in [5.41, 5.74) is 13.9. The molecule has 1 aromatic heterocycles. The maximum Gasteiger partial charge on any atom is 0.137 e. The Labute approximate surface area is 301 Å². The molecule has 9 aromatic rings. The van der Waals surface area contributed by atoms with Crippen LogP contribution in [-0.2, 0) is 5.41 Å². The van der Waals surface area contributed by atoms with Gasteiger partial charge in [0.1, 0.15) is 22.7 Å². The van der Waals surface area contributed by atoms with E-state index in [-0.39, 0.29) is 0 Å². The van der Waals surface area contributed by atoms with Gasteiger partial charge in [-0.15, -0.1) is 0 Å². The summed E-state index contributed by atoms with van der Waals surface area (Å²) in [6.45, 7) is 0. The van der Waals surface area contributed by atoms with Gasteiger partial charge in [0.25, 0.3) is 0 Å². The van der Waals surface area contributed by atoms with Crippen molar-refractivity contribution in [2.24, 2.45) is 0 Å². The third kappa shape index (κ3) is 3.96. The van der Waals surface area contributed by atoms with Crippen molar-refractivity contribution in [1.82, 2.24) is 0 Å². The number of rotatable bonds is 4. The summed E-state index contributed by atoms with van der Waals surface area (Å²) < 4.78 is 13.5. The molecule has 1 aliphatic heterocycles. The second-order valence-corrected chi connectivity index (χ2v) is 13.6. The molecule has 11 rings (SSSR count). The van der Waals surface area contributed by atoms with E-state index >= 15 is 0 Å². The second kappa shape index (κ2) is 11.1. The van der Waals surface area contributed by atoms with Gasteiger partial charge in [0, 0.05) is 27.8 Å². The number of para-hydroxylation sites is 4. The maximum atomic E-state index is 6.91. The monoisotopic (exact) mass is 665 g/mol. The largest absolute Gasteiger partial charge is 0.457 e. The molecule has 1 spiro atoms. The van der Waals surface area contributed by atoms with Gasteiger partial charge in [0.15, 0.2) is 0 Å². The molecule has 0 unspecified atom stereocenters. The fourth-order valence-electron chi connectivity index (χ4n) is 8.85. The van der Waals surface area contributed by atoms with Crippen molar-refractivity contribution in [3.63, 3.8) is 0 Å². The predicted molar refractivity (Wildman–Crippen MR) is 211 cm³/mol. The van der Waals surface area contributed by atoms with Gasteiger partial charge in [-0.25, -0.2) is 0 Å². The van der Waals surface area contributed by atoms with Crippen molar-refractivity contribution in [1.29, 1.82) is 0 Å². The molecule has 1 aliphatic carbocycles. The van der Waals surface area contributed by atoms with Crippen LogP contribution in [-0.4, -0.2) is 0 Å². The van der Waals surface area contributed by atoms with Crippen molar-refractivity contribution in [3.8, 4) is 33.8 Å². The Morgan fingerprint density at radius 3 is 1.75 bits per heavy atom. The molecule has 8 aromatic carbocycles. The number of anilines is 3. The molecule has 3 nitrogen and oxygen atoms in total. The predicted octanol–water partition coefficient (Wildman–Crippen LogP) is 13.2. The molecule has 0 N–H and O–H groups in total. The lowest BCUT2D eigenvalue weighted by Gasteiger charge is -2.39. The molecule has 0 amide bonds. The van der Waals surface area contributed by atoms with Gasteiger partial charge in [-0.05, 0) is 82.4 Å². The van der Waals surface area contributed by atoms with Gasteiger partial charge in [-0.2, -0.15) is 0 Å². The third-order valence-corrected chi connectivity index (χ3v) is 10.9. The highest BCUT2D eigenvalue weighted by molar-refractivity contribution is 6.15. The summed E-state index contributed by atoms with van der Waals surface area (Å²) in [6, 6.07) is 66.9. The van der Waals surface area contributed by atoms with E-state index in [1.165, 1.54) is 27.8 Å². The summed E-state index contributed by atoms with van der Waals surface area (Å²) in [7, 11) is 0. The van der Waals surface area contributed by atoms with Crippen LogP contribution in [0.3, 0.4) is 0 Å². The Morgan fingerprint density at radius 2 is 1.00 bits per heavy atom. The first-order chi connectivity index (χ1) is 25.8. The number of fused-ring (bicyclic) bond motifs is 12. The second-order valence-electron chi connectivity index (χ2n) is 13.6. The minimum Gasteiger partial charge on any atom is -0.457 e. The zero-order chi connectivity index (χ0) is 34.2. The zero-order valence-corrected chi connectivity index (χ0v) is 28.2. The number of nitrogens with zero attached hydrogens (tertiary/aromatic N) is 1. The van der Waals surface area contributed by atoms with Crippen LogP contribution in [0.1, 0.15) is 22.3 Å². The van der Waals surface area contributed by atoms with E-state index in [1.54, 1.807) is 0 Å². The summed E-state index contributed by atoms with van der Waals surface area (Å²) in [4.78, 5) is 2.38. The standard InChI is InChI=1S/C49H31NO2/c1-3-16-32(17-4-1)34-20-8-12-25-42(34)50(33-18-5-2-6-19-33)43-26-15-29-46-48(43)37-30-36-35-21-7-9-22-38(35)49(41(36)31-47(37)52-46)39-23-10-13-27-44(39)51-45-28-14-11-24-40(45)49/h1-31H. The summed E-state index contributed by atoms with van der Waals surface area (Å²) in [5.74, 6) is 1.76. The Balaban J connectivity index is 1.22. The molecule has 2 heterocycles. The smallest absolute Gasteiger partial charge is 0.137 e. The van der Waals surface area contributed by atoms with Crippen LogP contribution in [0.25, 0.3) is 44.2 Å². The number of benzene rings is 8. The molecule has 244 valence electrons. The highest BCUT2D eigenvalue weighted by Gasteiger charge is 2.51. The van der Waals surface area contributed by atoms with Crippen LogP contribution in [0.2, 0.25) is 0 Å². The van der Waals surface area contributed by atoms with Crippen LogP contribution < -0.4 is 9.64 Å². The molecule has 2 aliphatic rings. The van der Waals surface area contributed by atoms with Crippen LogP contribution in [0, 0.1) is 0 Å². The fraction of sp³-hybridized carbons (Fsp3) is 0.0204. The molecule has 0 atom stereocenters. The number of hydrogen-bond donors (Lipinski definition) is 0. The first kappa shape index (κ1) is 28.9. The van der Waals surface area contributed by atoms with Crippen LogP contribution in [0.5, 0.6) is 11.5 Å². The minimum atomic E-state index is -0.557. The Morgan fingerprint density at radius 1 is 0.404 bits per heavy atom. The Bertz CT molecular complexity index is 2790. The van der Waals surface area contributed by atoms with Crippen LogP contribution in [0.15, 0.2) is 192 Å². The molecule has 0 saturated carbocycles. The molecule has 3 heteroatoms. The molecule has 52 heavy (non-hydrogen) atoms. The van der Waals surface area contributed by atoms with E-state index in [0.29, 0.717) is 0 Å². The van der Waals surface area contributed by atoms with Gasteiger partial charge in [0.2, 0.25) is 0 Å². The van der Waals surface area contributed by atoms with Gasteiger partial charge in [-0.1, -0.05) is 133 Å². The Kier molecular flexibility index (Phi) is 6.17. The zero-order valence-electron chi connectivity index (χ0n) is 28.2. The lowest BCUT2D eigenvalue weighted by atomic mass is 9.66. The van der Waals surface area contributed by atoms with E-state index in [0.717, 1.165) is 67.2 Å². The van der Waals surface area contributed by atoms with Crippen molar-refractivity contribution >= 4 is 39.0 Å². The van der Waals surface area contributed by atoms with Gasteiger partial charge in [-0.3, -0.25) is 0 Å². The van der Waals surface area contributed by atoms with Gasteiger partial charge in [0.05, 0.1) is 22.2 Å². The average Bonchev–Trinajstić information content (AvgIpc) is 3.72. The Hall–Kier alpha value is -6.84. The summed E-state index contributed by atoms with van der Waals surface area (Å²) in [5, 5.41) is 2.17. The van der Waals surface area contributed by atoms with E-state index < -0.39 is 5.41 Å². The summed E-state index contributed by atoms with van der Waals surface area (Å²) >= 11 is 0. The molecule has 0 saturated heterocycles. The summed E-state index contributed by atoms with van der Waals surface area (Å²) in [6.07, 6.45) is 0. The maximum absolute atomic E-state index is 6.91. The van der Waals surface area contributed by atoms with E-state index in [2.05, 4.69) is 193 Å². The van der Waals surface area contributed by atoms with Crippen molar-refractivity contribution < 1.29 is 9.15 Å².